The summed E-state index contributed by atoms with van der Waals surface area (Å²) < 4.78 is 46.1. The molecule has 0 atom stereocenters. The molecule has 3 aromatic rings. The molecule has 12 heteroatoms. The molecule has 1 aliphatic heterocycles. The van der Waals surface area contributed by atoms with Crippen LogP contribution in [0.25, 0.3) is 11.5 Å². The SMILES string of the molecule is O=C(c1nnc(-c2csc(S(=O)(=O)Nc3ccc(F)c(Cl)c3)c2)o1)N1CCCC1. The van der Waals surface area contributed by atoms with Crippen LogP contribution in [-0.4, -0.2) is 42.5 Å². The van der Waals surface area contributed by atoms with Gasteiger partial charge in [0.05, 0.1) is 16.3 Å². The van der Waals surface area contributed by atoms with Crippen molar-refractivity contribution in [2.45, 2.75) is 17.1 Å². The molecule has 29 heavy (non-hydrogen) atoms. The summed E-state index contributed by atoms with van der Waals surface area (Å²) in [6.07, 6.45) is 1.87. The van der Waals surface area contributed by atoms with Crippen LogP contribution in [0.15, 0.2) is 38.3 Å². The van der Waals surface area contributed by atoms with Gasteiger partial charge in [-0.15, -0.1) is 21.5 Å². The Morgan fingerprint density at radius 2 is 2.00 bits per heavy atom. The van der Waals surface area contributed by atoms with Crippen molar-refractivity contribution >= 4 is 44.6 Å². The minimum Gasteiger partial charge on any atom is -0.412 e. The van der Waals surface area contributed by atoms with Crippen LogP contribution in [0.1, 0.15) is 23.5 Å². The number of rotatable bonds is 5. The highest BCUT2D eigenvalue weighted by Gasteiger charge is 2.26. The Balaban J connectivity index is 1.53. The van der Waals surface area contributed by atoms with E-state index in [0.29, 0.717) is 18.7 Å². The highest BCUT2D eigenvalue weighted by Crippen LogP contribution is 2.30. The van der Waals surface area contributed by atoms with Gasteiger partial charge in [-0.3, -0.25) is 9.52 Å². The number of hydrogen-bond acceptors (Lipinski definition) is 7. The van der Waals surface area contributed by atoms with E-state index in [9.17, 15) is 17.6 Å². The number of likely N-dealkylation sites (tertiary alicyclic amines) is 1. The van der Waals surface area contributed by atoms with Crippen molar-refractivity contribution in [2.75, 3.05) is 17.8 Å². The molecule has 152 valence electrons. The zero-order valence-electron chi connectivity index (χ0n) is 14.8. The topological polar surface area (TPSA) is 105 Å². The smallest absolute Gasteiger partial charge is 0.311 e. The second kappa shape index (κ2) is 7.73. The molecule has 8 nitrogen and oxygen atoms in total. The first-order valence-electron chi connectivity index (χ1n) is 8.53. The third-order valence-electron chi connectivity index (χ3n) is 4.26. The van der Waals surface area contributed by atoms with Gasteiger partial charge in [-0.05, 0) is 37.1 Å². The molecule has 1 fully saturated rings. The van der Waals surface area contributed by atoms with Gasteiger partial charge in [-0.25, -0.2) is 12.8 Å². The number of benzene rings is 1. The molecule has 3 heterocycles. The number of hydrogen-bond donors (Lipinski definition) is 1. The van der Waals surface area contributed by atoms with Gasteiger partial charge in [0.1, 0.15) is 10.0 Å². The van der Waals surface area contributed by atoms with E-state index < -0.39 is 15.8 Å². The third-order valence-corrected chi connectivity index (χ3v) is 7.37. The van der Waals surface area contributed by atoms with Gasteiger partial charge in [0, 0.05) is 18.5 Å². The largest absolute Gasteiger partial charge is 0.412 e. The van der Waals surface area contributed by atoms with Gasteiger partial charge in [-0.1, -0.05) is 11.6 Å². The first-order chi connectivity index (χ1) is 13.8. The Bertz CT molecular complexity index is 1170. The van der Waals surface area contributed by atoms with E-state index in [1.54, 1.807) is 4.90 Å². The third kappa shape index (κ3) is 4.11. The summed E-state index contributed by atoms with van der Waals surface area (Å²) in [5.74, 6) is -1.06. The van der Waals surface area contributed by atoms with Crippen LogP contribution >= 0.6 is 22.9 Å². The average Bonchev–Trinajstić information content (AvgIpc) is 3.44. The average molecular weight is 457 g/mol. The van der Waals surface area contributed by atoms with Crippen LogP contribution in [0.5, 0.6) is 0 Å². The van der Waals surface area contributed by atoms with E-state index in [2.05, 4.69) is 14.9 Å². The Hall–Kier alpha value is -2.50. The predicted octanol–water partition coefficient (Wildman–Crippen LogP) is 3.63. The maximum atomic E-state index is 13.2. The number of nitrogens with zero attached hydrogens (tertiary/aromatic N) is 3. The number of anilines is 1. The van der Waals surface area contributed by atoms with Gasteiger partial charge in [-0.2, -0.15) is 0 Å². The zero-order chi connectivity index (χ0) is 20.6. The molecule has 2 aromatic heterocycles. The van der Waals surface area contributed by atoms with E-state index >= 15 is 0 Å². The van der Waals surface area contributed by atoms with E-state index in [1.165, 1.54) is 23.6 Å². The summed E-state index contributed by atoms with van der Waals surface area (Å²) in [4.78, 5) is 13.9. The lowest BCUT2D eigenvalue weighted by Crippen LogP contribution is -2.27. The van der Waals surface area contributed by atoms with E-state index in [4.69, 9.17) is 16.0 Å². The standard InChI is InChI=1S/C17H14ClFN4O4S2/c18-12-8-11(3-4-13(12)19)22-29(25,26)14-7-10(9-28-14)15-20-21-16(27-15)17(24)23-5-1-2-6-23/h3-4,7-9,22H,1-2,5-6H2. The fraction of sp³-hybridized carbons (Fsp3) is 0.235. The summed E-state index contributed by atoms with van der Waals surface area (Å²) in [6.45, 7) is 1.30. The molecule has 0 spiro atoms. The molecular weight excluding hydrogens is 443 g/mol. The molecule has 1 aromatic carbocycles. The second-order valence-electron chi connectivity index (χ2n) is 6.30. The summed E-state index contributed by atoms with van der Waals surface area (Å²) >= 11 is 6.62. The number of halogens is 2. The molecule has 1 aliphatic rings. The number of aromatic nitrogens is 2. The predicted molar refractivity (Wildman–Crippen MR) is 105 cm³/mol. The molecule has 0 bridgehead atoms. The molecule has 4 rings (SSSR count). The maximum absolute atomic E-state index is 13.2. The molecule has 0 saturated carbocycles. The number of nitrogens with one attached hydrogen (secondary N) is 1. The highest BCUT2D eigenvalue weighted by atomic mass is 35.5. The van der Waals surface area contributed by atoms with Gasteiger partial charge in [0.2, 0.25) is 5.89 Å². The lowest BCUT2D eigenvalue weighted by atomic mass is 10.3. The van der Waals surface area contributed by atoms with Crippen LogP contribution < -0.4 is 4.72 Å². The van der Waals surface area contributed by atoms with Crippen molar-refractivity contribution in [1.29, 1.82) is 0 Å². The Morgan fingerprint density at radius 1 is 1.24 bits per heavy atom. The van der Waals surface area contributed by atoms with Crippen molar-refractivity contribution in [3.8, 4) is 11.5 Å². The number of carbonyl (C=O) groups is 1. The summed E-state index contributed by atoms with van der Waals surface area (Å²) in [5, 5.41) is 8.96. The van der Waals surface area contributed by atoms with Crippen LogP contribution in [0.4, 0.5) is 10.1 Å². The van der Waals surface area contributed by atoms with Crippen molar-refractivity contribution in [3.63, 3.8) is 0 Å². The lowest BCUT2D eigenvalue weighted by Gasteiger charge is -2.11. The van der Waals surface area contributed by atoms with Gasteiger partial charge < -0.3 is 9.32 Å². The zero-order valence-corrected chi connectivity index (χ0v) is 17.2. The molecule has 0 aliphatic carbocycles. The minimum absolute atomic E-state index is 0.0152. The monoisotopic (exact) mass is 456 g/mol. The molecule has 1 saturated heterocycles. The number of amides is 1. The van der Waals surface area contributed by atoms with Crippen LogP contribution in [-0.2, 0) is 10.0 Å². The fourth-order valence-corrected chi connectivity index (χ4v) is 5.20. The number of thiophene rings is 1. The summed E-state index contributed by atoms with van der Waals surface area (Å²) in [7, 11) is -3.93. The van der Waals surface area contributed by atoms with Crippen molar-refractivity contribution in [1.82, 2.24) is 15.1 Å². The second-order valence-corrected chi connectivity index (χ2v) is 9.53. The number of carbonyl (C=O) groups excluding carboxylic acids is 1. The first-order valence-corrected chi connectivity index (χ1v) is 11.3. The van der Waals surface area contributed by atoms with Crippen molar-refractivity contribution < 1.29 is 22.0 Å². The van der Waals surface area contributed by atoms with Crippen LogP contribution in [0, 0.1) is 5.82 Å². The Kier molecular flexibility index (Phi) is 5.28. The minimum atomic E-state index is -3.93. The van der Waals surface area contributed by atoms with Gasteiger partial charge in [0.15, 0.2) is 0 Å². The summed E-state index contributed by atoms with van der Waals surface area (Å²) in [6, 6.07) is 4.87. The van der Waals surface area contributed by atoms with E-state index in [-0.39, 0.29) is 32.6 Å². The molecule has 0 unspecified atom stereocenters. The Labute approximate surface area is 174 Å². The van der Waals surface area contributed by atoms with E-state index in [1.807, 2.05) is 0 Å². The normalized spacial score (nSPS) is 14.3. The van der Waals surface area contributed by atoms with Gasteiger partial charge >= 0.3 is 11.8 Å². The number of sulfonamides is 1. The van der Waals surface area contributed by atoms with Crippen LogP contribution in [0.2, 0.25) is 5.02 Å². The van der Waals surface area contributed by atoms with Crippen LogP contribution in [0.3, 0.4) is 0 Å². The maximum Gasteiger partial charge on any atom is 0.311 e. The fourth-order valence-electron chi connectivity index (χ4n) is 2.82. The molecular formula is C17H14ClFN4O4S2. The molecule has 1 amide bonds. The first kappa shape index (κ1) is 19.8. The van der Waals surface area contributed by atoms with Crippen molar-refractivity contribution in [3.05, 3.63) is 46.4 Å². The summed E-state index contributed by atoms with van der Waals surface area (Å²) in [5.41, 5.74) is 0.503. The molecule has 1 N–H and O–H groups in total. The lowest BCUT2D eigenvalue weighted by molar-refractivity contribution is 0.0754. The van der Waals surface area contributed by atoms with Gasteiger partial charge in [0.25, 0.3) is 10.0 Å². The Morgan fingerprint density at radius 3 is 2.72 bits per heavy atom. The molecule has 0 radical (unpaired) electrons. The quantitative estimate of drug-likeness (QED) is 0.628. The van der Waals surface area contributed by atoms with E-state index in [0.717, 1.165) is 30.2 Å². The van der Waals surface area contributed by atoms with Crippen molar-refractivity contribution in [2.24, 2.45) is 0 Å². The highest BCUT2D eigenvalue weighted by molar-refractivity contribution is 7.94.